The summed E-state index contributed by atoms with van der Waals surface area (Å²) in [6.45, 7) is 0. The van der Waals surface area contributed by atoms with Crippen molar-refractivity contribution in [2.75, 3.05) is 0 Å². The lowest BCUT2D eigenvalue weighted by Crippen LogP contribution is -1.97. The summed E-state index contributed by atoms with van der Waals surface area (Å²) in [6, 6.07) is 5.32. The van der Waals surface area contributed by atoms with Gasteiger partial charge in [0.2, 0.25) is 5.78 Å². The molecule has 74 valence electrons. The Bertz CT molecular complexity index is 417. The first-order chi connectivity index (χ1) is 7.36. The van der Waals surface area contributed by atoms with E-state index in [1.54, 1.807) is 24.4 Å². The number of hydrogen-bond acceptors (Lipinski definition) is 2. The minimum absolute atomic E-state index is 0.0516. The minimum Gasteiger partial charge on any atom is -0.288 e. The Balaban J connectivity index is 2.04. The molecule has 0 radical (unpaired) electrons. The fourth-order valence-corrected chi connectivity index (χ4v) is 1.37. The molecule has 0 atom stereocenters. The van der Waals surface area contributed by atoms with Gasteiger partial charge in [-0.25, -0.2) is 0 Å². The van der Waals surface area contributed by atoms with Gasteiger partial charge in [0.05, 0.1) is 0 Å². The van der Waals surface area contributed by atoms with E-state index in [0.29, 0.717) is 5.69 Å². The third-order valence-corrected chi connectivity index (χ3v) is 2.16. The van der Waals surface area contributed by atoms with Crippen LogP contribution in [0.3, 0.4) is 0 Å². The van der Waals surface area contributed by atoms with Crippen molar-refractivity contribution in [1.82, 2.24) is 4.98 Å². The van der Waals surface area contributed by atoms with Crippen LogP contribution < -0.4 is 0 Å². The van der Waals surface area contributed by atoms with Crippen LogP contribution in [-0.4, -0.2) is 10.8 Å². The van der Waals surface area contributed by atoms with Gasteiger partial charge in [-0.3, -0.25) is 9.78 Å². The summed E-state index contributed by atoms with van der Waals surface area (Å²) in [5, 5.41) is 0. The first-order valence-corrected chi connectivity index (χ1v) is 4.85. The molecule has 1 aromatic rings. The van der Waals surface area contributed by atoms with E-state index >= 15 is 0 Å². The highest BCUT2D eigenvalue weighted by Gasteiger charge is 2.03. The van der Waals surface area contributed by atoms with Gasteiger partial charge in [0.15, 0.2) is 0 Å². The quantitative estimate of drug-likeness (QED) is 0.550. The number of nitrogens with zero attached hydrogens (tertiary/aromatic N) is 1. The highest BCUT2D eigenvalue weighted by molar-refractivity contribution is 6.02. The molecule has 1 aliphatic carbocycles. The highest BCUT2D eigenvalue weighted by Crippen LogP contribution is 2.10. The van der Waals surface area contributed by atoms with Crippen LogP contribution in [0.15, 0.2) is 60.9 Å². The van der Waals surface area contributed by atoms with E-state index in [9.17, 15) is 4.79 Å². The van der Waals surface area contributed by atoms with Crippen molar-refractivity contribution in [3.05, 3.63) is 66.5 Å². The molecule has 0 amide bonds. The lowest BCUT2D eigenvalue weighted by Gasteiger charge is -1.95. The summed E-state index contributed by atoms with van der Waals surface area (Å²) < 4.78 is 0. The summed E-state index contributed by atoms with van der Waals surface area (Å²) in [7, 11) is 0. The smallest absolute Gasteiger partial charge is 0.203 e. The number of pyridine rings is 1. The van der Waals surface area contributed by atoms with Crippen LogP contribution in [0.4, 0.5) is 0 Å². The zero-order chi connectivity index (χ0) is 10.5. The van der Waals surface area contributed by atoms with Crippen molar-refractivity contribution in [1.29, 1.82) is 0 Å². The second-order valence-corrected chi connectivity index (χ2v) is 3.29. The maximum Gasteiger partial charge on any atom is 0.203 e. The molecule has 1 heterocycles. The molecular formula is C13H11NO. The second-order valence-electron chi connectivity index (χ2n) is 3.29. The van der Waals surface area contributed by atoms with Crippen molar-refractivity contribution in [2.24, 2.45) is 5.92 Å². The minimum atomic E-state index is -0.0516. The van der Waals surface area contributed by atoms with Gasteiger partial charge >= 0.3 is 0 Å². The number of ketones is 1. The summed E-state index contributed by atoms with van der Waals surface area (Å²) in [4.78, 5) is 15.6. The first kappa shape index (κ1) is 9.59. The van der Waals surface area contributed by atoms with Crippen LogP contribution in [0.1, 0.15) is 10.5 Å². The molecule has 2 rings (SSSR count). The van der Waals surface area contributed by atoms with E-state index in [-0.39, 0.29) is 11.7 Å². The van der Waals surface area contributed by atoms with Crippen LogP contribution >= 0.6 is 0 Å². The van der Waals surface area contributed by atoms with Crippen molar-refractivity contribution >= 4 is 5.78 Å². The molecule has 1 aromatic heterocycles. The van der Waals surface area contributed by atoms with E-state index in [0.717, 1.165) is 0 Å². The zero-order valence-corrected chi connectivity index (χ0v) is 8.21. The average Bonchev–Trinajstić information content (AvgIpc) is 2.80. The van der Waals surface area contributed by atoms with Crippen molar-refractivity contribution < 1.29 is 4.79 Å². The third-order valence-electron chi connectivity index (χ3n) is 2.16. The van der Waals surface area contributed by atoms with E-state index in [4.69, 9.17) is 0 Å². The number of hydrogen-bond donors (Lipinski definition) is 0. The maximum absolute atomic E-state index is 11.6. The normalized spacial score (nSPS) is 15.2. The Morgan fingerprint density at radius 2 is 2.07 bits per heavy atom. The van der Waals surface area contributed by atoms with Crippen LogP contribution in [0, 0.1) is 5.92 Å². The van der Waals surface area contributed by atoms with Crippen LogP contribution in [-0.2, 0) is 0 Å². The molecular weight excluding hydrogens is 186 g/mol. The number of allylic oxidation sites excluding steroid dienone is 6. The summed E-state index contributed by atoms with van der Waals surface area (Å²) in [5.74, 6) is 0.196. The molecule has 0 unspecified atom stereocenters. The van der Waals surface area contributed by atoms with Crippen LogP contribution in [0.25, 0.3) is 0 Å². The Morgan fingerprint density at radius 3 is 2.73 bits per heavy atom. The molecule has 0 spiro atoms. The van der Waals surface area contributed by atoms with Gasteiger partial charge in [-0.05, 0) is 18.2 Å². The molecule has 0 fully saturated rings. The zero-order valence-electron chi connectivity index (χ0n) is 8.21. The molecule has 0 saturated carbocycles. The maximum atomic E-state index is 11.6. The fourth-order valence-electron chi connectivity index (χ4n) is 1.37. The Morgan fingerprint density at radius 1 is 1.27 bits per heavy atom. The fraction of sp³-hybridized carbons (Fsp3) is 0.0769. The molecule has 0 aliphatic heterocycles. The monoisotopic (exact) mass is 197 g/mol. The summed E-state index contributed by atoms with van der Waals surface area (Å²) in [6.07, 6.45) is 13.1. The lowest BCUT2D eigenvalue weighted by molar-refractivity contribution is 0.104. The van der Waals surface area contributed by atoms with Gasteiger partial charge in [-0.15, -0.1) is 0 Å². The molecule has 0 saturated heterocycles. The topological polar surface area (TPSA) is 30.0 Å². The average molecular weight is 197 g/mol. The Labute approximate surface area is 88.7 Å². The summed E-state index contributed by atoms with van der Waals surface area (Å²) >= 11 is 0. The van der Waals surface area contributed by atoms with Crippen molar-refractivity contribution in [3.63, 3.8) is 0 Å². The Hall–Kier alpha value is -1.96. The van der Waals surface area contributed by atoms with Gasteiger partial charge in [0.1, 0.15) is 5.69 Å². The van der Waals surface area contributed by atoms with Crippen LogP contribution in [0.5, 0.6) is 0 Å². The third kappa shape index (κ3) is 2.50. The molecule has 2 heteroatoms. The first-order valence-electron chi connectivity index (χ1n) is 4.85. The van der Waals surface area contributed by atoms with Crippen molar-refractivity contribution in [2.45, 2.75) is 0 Å². The number of carbonyl (C=O) groups is 1. The van der Waals surface area contributed by atoms with E-state index < -0.39 is 0 Å². The van der Waals surface area contributed by atoms with Crippen LogP contribution in [0.2, 0.25) is 0 Å². The summed E-state index contributed by atoms with van der Waals surface area (Å²) in [5.41, 5.74) is 0.486. The number of rotatable bonds is 3. The molecule has 2 nitrogen and oxygen atoms in total. The lowest BCUT2D eigenvalue weighted by atomic mass is 10.1. The van der Waals surface area contributed by atoms with E-state index in [1.165, 1.54) is 0 Å². The predicted octanol–water partition coefficient (Wildman–Crippen LogP) is 2.56. The van der Waals surface area contributed by atoms with Gasteiger partial charge < -0.3 is 0 Å². The molecule has 15 heavy (non-hydrogen) atoms. The second kappa shape index (κ2) is 4.51. The SMILES string of the molecule is O=C(/C=C/C1C=CC=C1)c1ccccn1. The molecule has 0 bridgehead atoms. The molecule has 0 N–H and O–H groups in total. The standard InChI is InChI=1S/C13H11NO/c15-13(12-7-3-4-10-14-12)9-8-11-5-1-2-6-11/h1-11H/b9-8+. The Kier molecular flexibility index (Phi) is 2.88. The van der Waals surface area contributed by atoms with Gasteiger partial charge in [0, 0.05) is 12.1 Å². The van der Waals surface area contributed by atoms with Gasteiger partial charge in [-0.1, -0.05) is 36.4 Å². The molecule has 0 aromatic carbocycles. The van der Waals surface area contributed by atoms with E-state index in [1.807, 2.05) is 36.4 Å². The largest absolute Gasteiger partial charge is 0.288 e. The highest BCUT2D eigenvalue weighted by atomic mass is 16.1. The predicted molar refractivity (Wildman–Crippen MR) is 59.5 cm³/mol. The van der Waals surface area contributed by atoms with E-state index in [2.05, 4.69) is 4.98 Å². The number of carbonyl (C=O) groups excluding carboxylic acids is 1. The van der Waals surface area contributed by atoms with Crippen molar-refractivity contribution in [3.8, 4) is 0 Å². The van der Waals surface area contributed by atoms with Gasteiger partial charge in [0.25, 0.3) is 0 Å². The molecule has 1 aliphatic rings. The number of aromatic nitrogens is 1. The van der Waals surface area contributed by atoms with Gasteiger partial charge in [-0.2, -0.15) is 0 Å².